The van der Waals surface area contributed by atoms with Crippen LogP contribution in [0.5, 0.6) is 0 Å². The summed E-state index contributed by atoms with van der Waals surface area (Å²) in [4.78, 5) is 31.4. The number of rotatable bonds is 3. The molecule has 1 aliphatic heterocycles. The van der Waals surface area contributed by atoms with Gasteiger partial charge in [-0.3, -0.25) is 14.6 Å². The van der Waals surface area contributed by atoms with E-state index in [1.54, 1.807) is 35.2 Å². The summed E-state index contributed by atoms with van der Waals surface area (Å²) in [7, 11) is 0. The first kappa shape index (κ1) is 18.4. The lowest BCUT2D eigenvalue weighted by Crippen LogP contribution is -2.36. The Kier molecular flexibility index (Phi) is 5.04. The van der Waals surface area contributed by atoms with Gasteiger partial charge in [0, 0.05) is 30.5 Å². The third-order valence-electron chi connectivity index (χ3n) is 4.93. The van der Waals surface area contributed by atoms with E-state index in [1.165, 1.54) is 17.8 Å². The van der Waals surface area contributed by atoms with Gasteiger partial charge in [-0.05, 0) is 53.9 Å². The predicted octanol–water partition coefficient (Wildman–Crippen LogP) is 3.40. The van der Waals surface area contributed by atoms with Gasteiger partial charge in [0.1, 0.15) is 5.69 Å². The Morgan fingerprint density at radius 3 is 2.55 bits per heavy atom. The van der Waals surface area contributed by atoms with Crippen LogP contribution < -0.4 is 5.32 Å². The summed E-state index contributed by atoms with van der Waals surface area (Å²) in [5.74, 6) is -0.525. The number of hydrogen-bond acceptors (Lipinski definition) is 4. The molecular weight excluding hydrogens is 364 g/mol. The molecule has 2 aromatic carbocycles. The van der Waals surface area contributed by atoms with Crippen molar-refractivity contribution in [1.29, 1.82) is 5.26 Å². The van der Waals surface area contributed by atoms with Gasteiger partial charge >= 0.3 is 0 Å². The first-order chi connectivity index (χ1) is 14.1. The second-order valence-corrected chi connectivity index (χ2v) is 6.82. The summed E-state index contributed by atoms with van der Waals surface area (Å²) >= 11 is 0. The second kappa shape index (κ2) is 7.95. The highest BCUT2D eigenvalue weighted by molar-refractivity contribution is 6.04. The van der Waals surface area contributed by atoms with Crippen molar-refractivity contribution in [2.75, 3.05) is 11.9 Å². The van der Waals surface area contributed by atoms with Crippen molar-refractivity contribution in [1.82, 2.24) is 9.88 Å². The van der Waals surface area contributed by atoms with E-state index >= 15 is 0 Å². The number of carbonyl (C=O) groups excluding carboxylic acids is 2. The molecule has 0 atom stereocenters. The van der Waals surface area contributed by atoms with Crippen LogP contribution in [0.25, 0.3) is 0 Å². The smallest absolute Gasteiger partial charge is 0.274 e. The quantitative estimate of drug-likeness (QED) is 0.752. The predicted molar refractivity (Wildman–Crippen MR) is 108 cm³/mol. The van der Waals surface area contributed by atoms with Gasteiger partial charge in [-0.1, -0.05) is 24.3 Å². The maximum absolute atomic E-state index is 12.9. The molecule has 0 fully saturated rings. The number of fused-ring (bicyclic) bond motifs is 1. The standard InChI is InChI=1S/C23H18N4O2/c24-14-16-5-7-20(8-6-16)26-22(28)21-13-18(9-11-25-21)23(29)27-12-10-17-3-1-2-4-19(17)15-27/h1-9,11,13H,10,12,15H2,(H,26,28). The van der Waals surface area contributed by atoms with E-state index in [1.807, 2.05) is 24.3 Å². The fourth-order valence-corrected chi connectivity index (χ4v) is 3.36. The van der Waals surface area contributed by atoms with Gasteiger partial charge in [-0.25, -0.2) is 0 Å². The van der Waals surface area contributed by atoms with Gasteiger partial charge in [-0.15, -0.1) is 0 Å². The van der Waals surface area contributed by atoms with Crippen LogP contribution in [-0.4, -0.2) is 28.2 Å². The molecule has 6 nitrogen and oxygen atoms in total. The number of anilines is 1. The number of carbonyl (C=O) groups is 2. The Morgan fingerprint density at radius 2 is 1.79 bits per heavy atom. The van der Waals surface area contributed by atoms with Crippen molar-refractivity contribution in [3.05, 3.63) is 94.8 Å². The second-order valence-electron chi connectivity index (χ2n) is 6.82. The van der Waals surface area contributed by atoms with Gasteiger partial charge < -0.3 is 10.2 Å². The van der Waals surface area contributed by atoms with Crippen LogP contribution in [0.2, 0.25) is 0 Å². The van der Waals surface area contributed by atoms with Gasteiger partial charge in [0.2, 0.25) is 0 Å². The van der Waals surface area contributed by atoms with Gasteiger partial charge in [0.25, 0.3) is 11.8 Å². The molecule has 2 amide bonds. The number of aromatic nitrogens is 1. The number of nitriles is 1. The summed E-state index contributed by atoms with van der Waals surface area (Å²) < 4.78 is 0. The summed E-state index contributed by atoms with van der Waals surface area (Å²) in [6.45, 7) is 1.20. The van der Waals surface area contributed by atoms with Gasteiger partial charge in [0.15, 0.2) is 0 Å². The van der Waals surface area contributed by atoms with Crippen LogP contribution in [0.15, 0.2) is 66.9 Å². The van der Waals surface area contributed by atoms with Gasteiger partial charge in [0.05, 0.1) is 11.6 Å². The topological polar surface area (TPSA) is 86.1 Å². The third-order valence-corrected chi connectivity index (χ3v) is 4.93. The molecule has 0 unspecified atom stereocenters. The Hall–Kier alpha value is -3.98. The van der Waals surface area contributed by atoms with Gasteiger partial charge in [-0.2, -0.15) is 5.26 Å². The molecule has 1 N–H and O–H groups in total. The van der Waals surface area contributed by atoms with E-state index in [2.05, 4.69) is 16.4 Å². The lowest BCUT2D eigenvalue weighted by atomic mass is 9.99. The van der Waals surface area contributed by atoms with Crippen molar-refractivity contribution < 1.29 is 9.59 Å². The van der Waals surface area contributed by atoms with Crippen molar-refractivity contribution in [3.8, 4) is 6.07 Å². The molecule has 0 spiro atoms. The summed E-state index contributed by atoms with van der Waals surface area (Å²) in [6, 6.07) is 19.8. The fraction of sp³-hybridized carbons (Fsp3) is 0.130. The minimum Gasteiger partial charge on any atom is -0.334 e. The van der Waals surface area contributed by atoms with Crippen LogP contribution in [0.1, 0.15) is 37.5 Å². The highest BCUT2D eigenvalue weighted by Crippen LogP contribution is 2.20. The Balaban J connectivity index is 1.48. The van der Waals surface area contributed by atoms with Crippen molar-refractivity contribution in [2.45, 2.75) is 13.0 Å². The average molecular weight is 382 g/mol. The van der Waals surface area contributed by atoms with Crippen LogP contribution in [0, 0.1) is 11.3 Å². The molecular formula is C23H18N4O2. The SMILES string of the molecule is N#Cc1ccc(NC(=O)c2cc(C(=O)N3CCc4ccccc4C3)ccn2)cc1. The van der Waals surface area contributed by atoms with E-state index in [9.17, 15) is 9.59 Å². The van der Waals surface area contributed by atoms with Crippen molar-refractivity contribution in [2.24, 2.45) is 0 Å². The zero-order chi connectivity index (χ0) is 20.2. The van der Waals surface area contributed by atoms with E-state index in [4.69, 9.17) is 5.26 Å². The molecule has 142 valence electrons. The molecule has 2 heterocycles. The van der Waals surface area contributed by atoms with E-state index < -0.39 is 5.91 Å². The van der Waals surface area contributed by atoms with E-state index in [0.717, 1.165) is 12.0 Å². The highest BCUT2D eigenvalue weighted by atomic mass is 16.2. The Bertz CT molecular complexity index is 1120. The molecule has 4 rings (SSSR count). The molecule has 0 radical (unpaired) electrons. The molecule has 0 bridgehead atoms. The minimum absolute atomic E-state index is 0.116. The normalized spacial score (nSPS) is 12.6. The molecule has 29 heavy (non-hydrogen) atoms. The van der Waals surface area contributed by atoms with Crippen molar-refractivity contribution in [3.63, 3.8) is 0 Å². The van der Waals surface area contributed by atoms with Crippen LogP contribution in [0.3, 0.4) is 0 Å². The first-order valence-electron chi connectivity index (χ1n) is 9.27. The monoisotopic (exact) mass is 382 g/mol. The number of amides is 2. The summed E-state index contributed by atoms with van der Waals surface area (Å²) in [5, 5.41) is 11.6. The average Bonchev–Trinajstić information content (AvgIpc) is 2.79. The maximum atomic E-state index is 12.9. The molecule has 0 aliphatic carbocycles. The number of benzene rings is 2. The molecule has 1 aliphatic rings. The summed E-state index contributed by atoms with van der Waals surface area (Å²) in [5.41, 5.74) is 4.09. The molecule has 3 aromatic rings. The third kappa shape index (κ3) is 3.99. The zero-order valence-corrected chi connectivity index (χ0v) is 15.6. The Labute approximate surface area is 168 Å². The molecule has 0 saturated heterocycles. The molecule has 6 heteroatoms. The molecule has 1 aromatic heterocycles. The van der Waals surface area contributed by atoms with Crippen LogP contribution in [0.4, 0.5) is 5.69 Å². The maximum Gasteiger partial charge on any atom is 0.274 e. The minimum atomic E-state index is -0.409. The van der Waals surface area contributed by atoms with E-state index in [-0.39, 0.29) is 11.6 Å². The Morgan fingerprint density at radius 1 is 1.03 bits per heavy atom. The highest BCUT2D eigenvalue weighted by Gasteiger charge is 2.22. The number of nitrogens with zero attached hydrogens (tertiary/aromatic N) is 3. The zero-order valence-electron chi connectivity index (χ0n) is 15.6. The van der Waals surface area contributed by atoms with Crippen LogP contribution in [-0.2, 0) is 13.0 Å². The molecule has 0 saturated carbocycles. The number of pyridine rings is 1. The first-order valence-corrected chi connectivity index (χ1v) is 9.27. The van der Waals surface area contributed by atoms with Crippen molar-refractivity contribution >= 4 is 17.5 Å². The summed E-state index contributed by atoms with van der Waals surface area (Å²) in [6.07, 6.45) is 2.29. The number of nitrogens with one attached hydrogen (secondary N) is 1. The lowest BCUT2D eigenvalue weighted by molar-refractivity contribution is 0.0734. The fourth-order valence-electron chi connectivity index (χ4n) is 3.36. The largest absolute Gasteiger partial charge is 0.334 e. The number of hydrogen-bond donors (Lipinski definition) is 1. The van der Waals surface area contributed by atoms with Crippen LogP contribution >= 0.6 is 0 Å². The van der Waals surface area contributed by atoms with E-state index in [0.29, 0.717) is 29.9 Å². The lowest BCUT2D eigenvalue weighted by Gasteiger charge is -2.29.